The maximum Gasteiger partial charge on any atom is 0.336 e. The molecule has 0 atom stereocenters. The number of carboxylic acid groups (broad SMARTS) is 1. The van der Waals surface area contributed by atoms with E-state index >= 15 is 0 Å². The van der Waals surface area contributed by atoms with Crippen LogP contribution in [0.25, 0.3) is 22.2 Å². The van der Waals surface area contributed by atoms with E-state index < -0.39 is 5.97 Å². The van der Waals surface area contributed by atoms with Gasteiger partial charge in [-0.05, 0) is 54.4 Å². The predicted octanol–water partition coefficient (Wildman–Crippen LogP) is 5.51. The van der Waals surface area contributed by atoms with Crippen molar-refractivity contribution in [3.05, 3.63) is 64.7 Å². The Morgan fingerprint density at radius 3 is 2.88 bits per heavy atom. The van der Waals surface area contributed by atoms with Gasteiger partial charge < -0.3 is 24.5 Å². The second-order valence-corrected chi connectivity index (χ2v) is 8.13. The van der Waals surface area contributed by atoms with E-state index in [2.05, 4.69) is 14.9 Å². The number of hydrogen-bond donors (Lipinski definition) is 2. The van der Waals surface area contributed by atoms with Crippen LogP contribution in [0.4, 0.5) is 5.69 Å². The number of carboxylic acids is 1. The van der Waals surface area contributed by atoms with Crippen LogP contribution in [0.15, 0.2) is 48.5 Å². The molecule has 0 radical (unpaired) electrons. The lowest BCUT2D eigenvalue weighted by Gasteiger charge is -2.28. The number of aromatic carboxylic acids is 1. The third kappa shape index (κ3) is 3.61. The fourth-order valence-corrected chi connectivity index (χ4v) is 4.08. The Labute approximate surface area is 189 Å². The van der Waals surface area contributed by atoms with Crippen LogP contribution in [0, 0.1) is 6.92 Å². The molecule has 162 valence electrons. The van der Waals surface area contributed by atoms with Gasteiger partial charge in [-0.2, -0.15) is 4.98 Å². The number of anilines is 1. The normalized spacial score (nSPS) is 13.0. The summed E-state index contributed by atoms with van der Waals surface area (Å²) in [6, 6.07) is 14.9. The van der Waals surface area contributed by atoms with Crippen molar-refractivity contribution >= 4 is 34.3 Å². The molecule has 2 N–H and O–H groups in total. The molecule has 0 saturated carbocycles. The zero-order valence-corrected chi connectivity index (χ0v) is 18.2. The summed E-state index contributed by atoms with van der Waals surface area (Å²) in [6.07, 6.45) is 0. The first-order valence-corrected chi connectivity index (χ1v) is 10.5. The van der Waals surface area contributed by atoms with Gasteiger partial charge in [0, 0.05) is 12.6 Å². The Morgan fingerprint density at radius 2 is 2.06 bits per heavy atom. The van der Waals surface area contributed by atoms with Crippen LogP contribution in [-0.4, -0.2) is 41.2 Å². The highest BCUT2D eigenvalue weighted by Gasteiger charge is 2.17. The highest BCUT2D eigenvalue weighted by Crippen LogP contribution is 2.38. The van der Waals surface area contributed by atoms with Crippen molar-refractivity contribution in [1.82, 2.24) is 9.97 Å². The highest BCUT2D eigenvalue weighted by atomic mass is 35.5. The van der Waals surface area contributed by atoms with Crippen LogP contribution in [0.1, 0.15) is 15.9 Å². The van der Waals surface area contributed by atoms with Gasteiger partial charge in [0.15, 0.2) is 0 Å². The molecule has 32 heavy (non-hydrogen) atoms. The molecular formula is C24H20ClN3O4. The van der Waals surface area contributed by atoms with E-state index in [9.17, 15) is 9.90 Å². The first-order chi connectivity index (χ1) is 15.4. The minimum atomic E-state index is -1.01. The second kappa shape index (κ2) is 7.76. The molecule has 1 aliphatic heterocycles. The third-order valence-electron chi connectivity index (χ3n) is 5.57. The molecule has 1 aliphatic rings. The lowest BCUT2D eigenvalue weighted by atomic mass is 10.0. The minimum absolute atomic E-state index is 0.184. The number of fused-ring (bicyclic) bond motifs is 2. The van der Waals surface area contributed by atoms with Gasteiger partial charge in [-0.25, -0.2) is 4.79 Å². The van der Waals surface area contributed by atoms with E-state index in [0.717, 1.165) is 29.1 Å². The quantitative estimate of drug-likeness (QED) is 0.427. The topological polar surface area (TPSA) is 87.7 Å². The number of rotatable bonds is 4. The monoisotopic (exact) mass is 449 g/mol. The lowest BCUT2D eigenvalue weighted by molar-refractivity contribution is 0.0695. The summed E-state index contributed by atoms with van der Waals surface area (Å²) in [5.41, 5.74) is 5.05. The number of aromatic amines is 1. The molecular weight excluding hydrogens is 430 g/mol. The van der Waals surface area contributed by atoms with Crippen LogP contribution in [0.5, 0.6) is 17.5 Å². The van der Waals surface area contributed by atoms with Gasteiger partial charge in [-0.1, -0.05) is 23.7 Å². The molecule has 8 heteroatoms. The number of halogens is 1. The predicted molar refractivity (Wildman–Crippen MR) is 124 cm³/mol. The van der Waals surface area contributed by atoms with Crippen molar-refractivity contribution in [2.75, 3.05) is 25.1 Å². The van der Waals surface area contributed by atoms with E-state index in [1.807, 2.05) is 31.3 Å². The van der Waals surface area contributed by atoms with Crippen molar-refractivity contribution in [3.63, 3.8) is 0 Å². The molecule has 0 amide bonds. The average Bonchev–Trinajstić information content (AvgIpc) is 3.15. The van der Waals surface area contributed by atoms with Crippen molar-refractivity contribution in [3.8, 4) is 28.6 Å². The van der Waals surface area contributed by atoms with Crippen molar-refractivity contribution in [2.45, 2.75) is 6.92 Å². The average molecular weight is 450 g/mol. The molecule has 0 saturated heterocycles. The van der Waals surface area contributed by atoms with Crippen LogP contribution < -0.4 is 14.4 Å². The Kier molecular flexibility index (Phi) is 4.90. The molecule has 7 nitrogen and oxygen atoms in total. The third-order valence-corrected chi connectivity index (χ3v) is 5.88. The molecule has 4 aromatic rings. The number of nitrogens with one attached hydrogen (secondary N) is 1. The number of likely N-dealkylation sites (N-methyl/N-ethyl adjacent to an activating group) is 1. The molecule has 3 aromatic carbocycles. The number of aryl methyl sites for hydroxylation is 1. The molecule has 0 unspecified atom stereocenters. The zero-order valence-electron chi connectivity index (χ0n) is 17.5. The first kappa shape index (κ1) is 20.2. The molecule has 1 aromatic heterocycles. The van der Waals surface area contributed by atoms with E-state index in [-0.39, 0.29) is 11.6 Å². The maximum absolute atomic E-state index is 11.4. The number of aromatic nitrogens is 2. The number of imidazole rings is 1. The molecule has 0 spiro atoms. The Hall–Kier alpha value is -3.71. The molecule has 0 bridgehead atoms. The van der Waals surface area contributed by atoms with Crippen molar-refractivity contribution in [2.24, 2.45) is 0 Å². The second-order valence-electron chi connectivity index (χ2n) is 7.73. The van der Waals surface area contributed by atoms with Crippen LogP contribution in [0.2, 0.25) is 5.02 Å². The van der Waals surface area contributed by atoms with E-state index in [1.165, 1.54) is 6.07 Å². The smallest absolute Gasteiger partial charge is 0.336 e. The zero-order chi connectivity index (χ0) is 22.4. The fraction of sp³-hybridized carbons (Fsp3) is 0.167. The molecule has 2 heterocycles. The van der Waals surface area contributed by atoms with Gasteiger partial charge in [-0.3, -0.25) is 0 Å². The summed E-state index contributed by atoms with van der Waals surface area (Å²) in [7, 11) is 2.04. The highest BCUT2D eigenvalue weighted by molar-refractivity contribution is 6.34. The Morgan fingerprint density at radius 1 is 1.22 bits per heavy atom. The van der Waals surface area contributed by atoms with E-state index in [4.69, 9.17) is 21.1 Å². The van der Waals surface area contributed by atoms with Gasteiger partial charge in [0.05, 0.1) is 33.9 Å². The summed E-state index contributed by atoms with van der Waals surface area (Å²) < 4.78 is 11.6. The Balaban J connectivity index is 1.49. The van der Waals surface area contributed by atoms with Gasteiger partial charge in [-0.15, -0.1) is 0 Å². The van der Waals surface area contributed by atoms with Gasteiger partial charge in [0.25, 0.3) is 6.01 Å². The van der Waals surface area contributed by atoms with E-state index in [1.54, 1.807) is 25.1 Å². The molecule has 0 fully saturated rings. The fourth-order valence-electron chi connectivity index (χ4n) is 3.81. The summed E-state index contributed by atoms with van der Waals surface area (Å²) >= 11 is 6.59. The number of H-pyrrole nitrogens is 1. The standard InChI is InChI=1S/C24H20ClN3O4/c1-13-3-5-15(10-16(13)23(29)30)32-24-26-19-11-17(18(25)12-20(19)27-24)14-4-6-21-22(9-14)31-8-7-28(21)2/h3-6,9-12H,7-8H2,1-2H3,(H,26,27)(H,29,30). The molecule has 0 aliphatic carbocycles. The minimum Gasteiger partial charge on any atom is -0.490 e. The number of benzene rings is 3. The molecule has 5 rings (SSSR count). The Bertz CT molecular complexity index is 1370. The number of hydrogen-bond acceptors (Lipinski definition) is 5. The maximum atomic E-state index is 11.4. The van der Waals surface area contributed by atoms with E-state index in [0.29, 0.717) is 34.0 Å². The number of carbonyl (C=O) groups is 1. The van der Waals surface area contributed by atoms with Crippen LogP contribution in [-0.2, 0) is 0 Å². The number of nitrogens with zero attached hydrogens (tertiary/aromatic N) is 2. The van der Waals surface area contributed by atoms with Crippen molar-refractivity contribution < 1.29 is 19.4 Å². The summed E-state index contributed by atoms with van der Waals surface area (Å²) in [5.74, 6) is 0.204. The SMILES string of the molecule is Cc1ccc(Oc2nc3cc(-c4ccc5c(c4)OCCN5C)c(Cl)cc3[nH]2)cc1C(=O)O. The van der Waals surface area contributed by atoms with Crippen LogP contribution >= 0.6 is 11.6 Å². The summed E-state index contributed by atoms with van der Waals surface area (Å²) in [4.78, 5) is 21.1. The van der Waals surface area contributed by atoms with Gasteiger partial charge in [0.1, 0.15) is 18.1 Å². The largest absolute Gasteiger partial charge is 0.490 e. The number of ether oxygens (including phenoxy) is 2. The van der Waals surface area contributed by atoms with Crippen LogP contribution in [0.3, 0.4) is 0 Å². The van der Waals surface area contributed by atoms with Crippen molar-refractivity contribution in [1.29, 1.82) is 0 Å². The first-order valence-electron chi connectivity index (χ1n) is 10.1. The van der Waals surface area contributed by atoms with Gasteiger partial charge >= 0.3 is 5.97 Å². The van der Waals surface area contributed by atoms with Gasteiger partial charge in [0.2, 0.25) is 0 Å². The summed E-state index contributed by atoms with van der Waals surface area (Å²) in [6.45, 7) is 3.23. The summed E-state index contributed by atoms with van der Waals surface area (Å²) in [5, 5.41) is 9.89. The lowest BCUT2D eigenvalue weighted by Crippen LogP contribution is -2.28.